The van der Waals surface area contributed by atoms with Gasteiger partial charge in [0, 0.05) is 11.7 Å². The molecule has 1 saturated carbocycles. The Hall–Kier alpha value is -0.585. The molecule has 0 radical (unpaired) electrons. The Bertz CT molecular complexity index is 515. The SMILES string of the molecule is CC1(C)OB(c2cnc(Br)c(OC3CC3)c2)OC1(C)C. The molecular weight excluding hydrogens is 321 g/mol. The molecule has 3 rings (SSSR count). The molecule has 0 aromatic carbocycles. The third-order valence-corrected chi connectivity index (χ3v) is 4.77. The minimum Gasteiger partial charge on any atom is -0.488 e. The highest BCUT2D eigenvalue weighted by Crippen LogP contribution is 2.37. The molecule has 0 unspecified atom stereocenters. The predicted octanol–water partition coefficient (Wildman–Crippen LogP) is 2.68. The predicted molar refractivity (Wildman–Crippen MR) is 81.3 cm³/mol. The Morgan fingerprint density at radius 3 is 2.40 bits per heavy atom. The Balaban J connectivity index is 1.84. The first-order valence-electron chi connectivity index (χ1n) is 6.96. The van der Waals surface area contributed by atoms with Crippen LogP contribution in [0.1, 0.15) is 40.5 Å². The third-order valence-electron chi connectivity index (χ3n) is 4.17. The van der Waals surface area contributed by atoms with Crippen molar-refractivity contribution < 1.29 is 14.0 Å². The first-order chi connectivity index (χ1) is 9.28. The molecular formula is C14H19BBrNO3. The molecule has 20 heavy (non-hydrogen) atoms. The topological polar surface area (TPSA) is 40.6 Å². The van der Waals surface area contributed by atoms with Crippen molar-refractivity contribution >= 4 is 28.5 Å². The highest BCUT2D eigenvalue weighted by molar-refractivity contribution is 9.10. The van der Waals surface area contributed by atoms with E-state index in [0.29, 0.717) is 6.10 Å². The van der Waals surface area contributed by atoms with Gasteiger partial charge in [-0.05, 0) is 62.5 Å². The fraction of sp³-hybridized carbons (Fsp3) is 0.643. The summed E-state index contributed by atoms with van der Waals surface area (Å²) in [5, 5.41) is 0. The van der Waals surface area contributed by atoms with Gasteiger partial charge < -0.3 is 14.0 Å². The second kappa shape index (κ2) is 4.72. The van der Waals surface area contributed by atoms with E-state index >= 15 is 0 Å². The van der Waals surface area contributed by atoms with Gasteiger partial charge in [-0.2, -0.15) is 0 Å². The van der Waals surface area contributed by atoms with Crippen LogP contribution in [0.3, 0.4) is 0 Å². The van der Waals surface area contributed by atoms with Crippen LogP contribution in [0.4, 0.5) is 0 Å². The van der Waals surface area contributed by atoms with E-state index in [0.717, 1.165) is 28.7 Å². The molecule has 1 aliphatic heterocycles. The van der Waals surface area contributed by atoms with Gasteiger partial charge in [-0.1, -0.05) is 0 Å². The van der Waals surface area contributed by atoms with Crippen molar-refractivity contribution in [2.24, 2.45) is 0 Å². The number of hydrogen-bond donors (Lipinski definition) is 0. The third kappa shape index (κ3) is 2.61. The molecule has 0 atom stereocenters. The van der Waals surface area contributed by atoms with Crippen molar-refractivity contribution in [2.75, 3.05) is 0 Å². The highest BCUT2D eigenvalue weighted by Gasteiger charge is 2.52. The average molecular weight is 340 g/mol. The molecule has 1 aromatic rings. The Morgan fingerprint density at radius 1 is 1.25 bits per heavy atom. The lowest BCUT2D eigenvalue weighted by Gasteiger charge is -2.32. The Kier molecular flexibility index (Phi) is 3.38. The number of ether oxygens (including phenoxy) is 1. The largest absolute Gasteiger partial charge is 0.496 e. The van der Waals surface area contributed by atoms with Gasteiger partial charge in [0.05, 0.1) is 17.3 Å². The van der Waals surface area contributed by atoms with Crippen LogP contribution in [0.2, 0.25) is 0 Å². The van der Waals surface area contributed by atoms with E-state index in [2.05, 4.69) is 20.9 Å². The summed E-state index contributed by atoms with van der Waals surface area (Å²) >= 11 is 3.42. The van der Waals surface area contributed by atoms with E-state index in [4.69, 9.17) is 14.0 Å². The molecule has 4 nitrogen and oxygen atoms in total. The Morgan fingerprint density at radius 2 is 1.85 bits per heavy atom. The monoisotopic (exact) mass is 339 g/mol. The summed E-state index contributed by atoms with van der Waals surface area (Å²) in [7, 11) is -0.401. The van der Waals surface area contributed by atoms with Crippen molar-refractivity contribution in [1.82, 2.24) is 4.98 Å². The smallest absolute Gasteiger partial charge is 0.488 e. The van der Waals surface area contributed by atoms with E-state index in [1.807, 2.05) is 33.8 Å². The minimum atomic E-state index is -0.401. The van der Waals surface area contributed by atoms with Gasteiger partial charge in [-0.15, -0.1) is 0 Å². The van der Waals surface area contributed by atoms with Gasteiger partial charge in [-0.3, -0.25) is 0 Å². The molecule has 1 aliphatic carbocycles. The van der Waals surface area contributed by atoms with Gasteiger partial charge in [0.1, 0.15) is 4.60 Å². The summed E-state index contributed by atoms with van der Waals surface area (Å²) in [5.41, 5.74) is 0.201. The van der Waals surface area contributed by atoms with Gasteiger partial charge in [0.15, 0.2) is 5.75 Å². The zero-order valence-electron chi connectivity index (χ0n) is 12.3. The highest BCUT2D eigenvalue weighted by atomic mass is 79.9. The number of aromatic nitrogens is 1. The number of halogens is 1. The van der Waals surface area contributed by atoms with Crippen molar-refractivity contribution in [3.8, 4) is 5.75 Å². The fourth-order valence-electron chi connectivity index (χ4n) is 2.00. The minimum absolute atomic E-state index is 0.335. The number of nitrogens with zero attached hydrogens (tertiary/aromatic N) is 1. The summed E-state index contributed by atoms with van der Waals surface area (Å²) < 4.78 is 18.6. The maximum Gasteiger partial charge on any atom is 0.496 e. The molecule has 0 N–H and O–H groups in total. The lowest BCUT2D eigenvalue weighted by molar-refractivity contribution is 0.00578. The molecule has 2 heterocycles. The van der Waals surface area contributed by atoms with Gasteiger partial charge in [-0.25, -0.2) is 4.98 Å². The van der Waals surface area contributed by atoms with Gasteiger partial charge in [0.2, 0.25) is 0 Å². The molecule has 2 fully saturated rings. The van der Waals surface area contributed by atoms with E-state index in [9.17, 15) is 0 Å². The van der Waals surface area contributed by atoms with Crippen LogP contribution < -0.4 is 10.2 Å². The average Bonchev–Trinajstić information content (AvgIpc) is 3.10. The van der Waals surface area contributed by atoms with E-state index in [-0.39, 0.29) is 11.2 Å². The van der Waals surface area contributed by atoms with Crippen molar-refractivity contribution in [3.05, 3.63) is 16.9 Å². The molecule has 0 bridgehead atoms. The number of rotatable bonds is 3. The number of pyridine rings is 1. The van der Waals surface area contributed by atoms with Crippen LogP contribution in [0.15, 0.2) is 16.9 Å². The fourth-order valence-corrected chi connectivity index (χ4v) is 2.31. The van der Waals surface area contributed by atoms with Crippen LogP contribution >= 0.6 is 15.9 Å². The second-order valence-corrected chi connectivity index (χ2v) is 7.21. The lowest BCUT2D eigenvalue weighted by atomic mass is 9.80. The summed E-state index contributed by atoms with van der Waals surface area (Å²) in [4.78, 5) is 4.33. The summed E-state index contributed by atoms with van der Waals surface area (Å²) in [5.74, 6) is 0.764. The maximum atomic E-state index is 6.03. The molecule has 108 valence electrons. The van der Waals surface area contributed by atoms with Crippen molar-refractivity contribution in [2.45, 2.75) is 57.8 Å². The van der Waals surface area contributed by atoms with Gasteiger partial charge in [0.25, 0.3) is 0 Å². The number of hydrogen-bond acceptors (Lipinski definition) is 4. The zero-order valence-corrected chi connectivity index (χ0v) is 13.9. The van der Waals surface area contributed by atoms with Crippen LogP contribution in [0.5, 0.6) is 5.75 Å². The van der Waals surface area contributed by atoms with E-state index in [1.165, 1.54) is 0 Å². The van der Waals surface area contributed by atoms with Crippen molar-refractivity contribution in [1.29, 1.82) is 0 Å². The molecule has 1 aromatic heterocycles. The van der Waals surface area contributed by atoms with Crippen LogP contribution in [0.25, 0.3) is 0 Å². The molecule has 0 spiro atoms. The Labute approximate surface area is 128 Å². The zero-order chi connectivity index (χ0) is 14.5. The quantitative estimate of drug-likeness (QED) is 0.627. The lowest BCUT2D eigenvalue weighted by Crippen LogP contribution is -2.41. The molecule has 1 saturated heterocycles. The first kappa shape index (κ1) is 14.4. The standard InChI is InChI=1S/C14H19BBrNO3/c1-13(2)14(3,4)20-15(19-13)9-7-11(12(16)17-8-9)18-10-5-6-10/h7-8,10H,5-6H2,1-4H3. The van der Waals surface area contributed by atoms with Crippen LogP contribution in [-0.4, -0.2) is 29.4 Å². The summed E-state index contributed by atoms with van der Waals surface area (Å²) in [6.45, 7) is 8.17. The van der Waals surface area contributed by atoms with Crippen LogP contribution in [-0.2, 0) is 9.31 Å². The molecule has 6 heteroatoms. The van der Waals surface area contributed by atoms with E-state index < -0.39 is 7.12 Å². The first-order valence-corrected chi connectivity index (χ1v) is 7.75. The van der Waals surface area contributed by atoms with E-state index in [1.54, 1.807) is 6.20 Å². The van der Waals surface area contributed by atoms with Crippen LogP contribution in [0, 0.1) is 0 Å². The summed E-state index contributed by atoms with van der Waals surface area (Å²) in [6.07, 6.45) is 4.34. The normalized spacial score (nSPS) is 23.9. The maximum absolute atomic E-state index is 6.03. The summed E-state index contributed by atoms with van der Waals surface area (Å²) in [6, 6.07) is 1.96. The van der Waals surface area contributed by atoms with Crippen molar-refractivity contribution in [3.63, 3.8) is 0 Å². The second-order valence-electron chi connectivity index (χ2n) is 6.46. The molecule has 0 amide bonds. The molecule has 2 aliphatic rings. The van der Waals surface area contributed by atoms with Gasteiger partial charge >= 0.3 is 7.12 Å².